The molecule has 3 aliphatic rings. The number of anilines is 2. The molecule has 0 radical (unpaired) electrons. The quantitative estimate of drug-likeness (QED) is 0.421. The Kier molecular flexibility index (Phi) is 3.68. The Balaban J connectivity index is 1.60. The van der Waals surface area contributed by atoms with Crippen molar-refractivity contribution < 1.29 is 24.8 Å². The zero-order chi connectivity index (χ0) is 20.5. The van der Waals surface area contributed by atoms with E-state index >= 15 is 0 Å². The van der Waals surface area contributed by atoms with Crippen molar-refractivity contribution in [3.63, 3.8) is 0 Å². The van der Waals surface area contributed by atoms with Crippen LogP contribution in [-0.2, 0) is 19.9 Å². The van der Waals surface area contributed by atoms with Crippen LogP contribution in [0.15, 0.2) is 48.5 Å². The van der Waals surface area contributed by atoms with E-state index in [4.69, 9.17) is 5.21 Å². The van der Waals surface area contributed by atoms with Crippen LogP contribution in [0.2, 0.25) is 0 Å². The summed E-state index contributed by atoms with van der Waals surface area (Å²) in [5.41, 5.74) is 0.344. The van der Waals surface area contributed by atoms with Crippen LogP contribution in [-0.4, -0.2) is 29.0 Å². The molecular formula is C20H18N4O5. The summed E-state index contributed by atoms with van der Waals surface area (Å²) in [5, 5.41) is 25.1. The van der Waals surface area contributed by atoms with Gasteiger partial charge in [-0.25, -0.2) is 10.1 Å². The van der Waals surface area contributed by atoms with E-state index in [1.165, 1.54) is 24.3 Å². The lowest BCUT2D eigenvalue weighted by Crippen LogP contribution is -2.99. The third-order valence-electron chi connectivity index (χ3n) is 6.14. The molecule has 3 amide bonds. The van der Waals surface area contributed by atoms with Gasteiger partial charge in [0.05, 0.1) is 17.5 Å². The first kappa shape index (κ1) is 18.0. The largest absolute Gasteiger partial charge is 0.595 e. The van der Waals surface area contributed by atoms with Gasteiger partial charge in [0.1, 0.15) is 5.54 Å². The molecule has 2 aromatic carbocycles. The summed E-state index contributed by atoms with van der Waals surface area (Å²) in [4.78, 5) is 40.8. The van der Waals surface area contributed by atoms with Gasteiger partial charge in [0.15, 0.2) is 5.69 Å². The van der Waals surface area contributed by atoms with Crippen molar-refractivity contribution in [1.29, 1.82) is 0 Å². The summed E-state index contributed by atoms with van der Waals surface area (Å²) in [6.07, 6.45) is 0. The van der Waals surface area contributed by atoms with Crippen LogP contribution < -0.4 is 20.8 Å². The number of nitrogens with one attached hydrogen (secondary N) is 3. The predicted octanol–water partition coefficient (Wildman–Crippen LogP) is 0.0349. The van der Waals surface area contributed by atoms with Crippen LogP contribution in [0.5, 0.6) is 0 Å². The first-order valence-electron chi connectivity index (χ1n) is 9.26. The number of benzene rings is 2. The Morgan fingerprint density at radius 3 is 2.45 bits per heavy atom. The van der Waals surface area contributed by atoms with E-state index in [0.29, 0.717) is 16.9 Å². The van der Waals surface area contributed by atoms with Gasteiger partial charge in [0.25, 0.3) is 0 Å². The average molecular weight is 394 g/mol. The van der Waals surface area contributed by atoms with E-state index < -0.39 is 40.5 Å². The number of quaternary nitrogens is 1. The van der Waals surface area contributed by atoms with E-state index in [2.05, 4.69) is 10.6 Å². The molecule has 5 atom stereocenters. The summed E-state index contributed by atoms with van der Waals surface area (Å²) in [7, 11) is 0. The van der Waals surface area contributed by atoms with Crippen molar-refractivity contribution in [2.24, 2.45) is 11.8 Å². The minimum Gasteiger partial charge on any atom is -0.595 e. The van der Waals surface area contributed by atoms with Crippen LogP contribution in [0.4, 0.5) is 17.1 Å². The number of hydrogen-bond acceptors (Lipinski definition) is 6. The number of para-hydroxylation sites is 1. The molecule has 0 aromatic heterocycles. The van der Waals surface area contributed by atoms with Crippen molar-refractivity contribution in [2.45, 2.75) is 18.5 Å². The molecule has 0 aliphatic carbocycles. The fourth-order valence-corrected chi connectivity index (χ4v) is 4.93. The number of rotatable bonds is 2. The molecule has 3 aliphatic heterocycles. The highest BCUT2D eigenvalue weighted by Gasteiger charge is 2.69. The zero-order valence-electron chi connectivity index (χ0n) is 15.4. The lowest BCUT2D eigenvalue weighted by Gasteiger charge is -2.29. The fraction of sp³-hybridized carbons (Fsp3) is 0.250. The Hall–Kier alpha value is -3.11. The molecular weight excluding hydrogens is 376 g/mol. The monoisotopic (exact) mass is 394 g/mol. The topological polar surface area (TPSA) is 126 Å². The van der Waals surface area contributed by atoms with Crippen LogP contribution in [0.3, 0.4) is 0 Å². The summed E-state index contributed by atoms with van der Waals surface area (Å²) in [5.74, 6) is -2.78. The third kappa shape index (κ3) is 2.21. The van der Waals surface area contributed by atoms with E-state index in [0.717, 1.165) is 4.90 Å². The molecule has 5 rings (SSSR count). The number of nitrogens with zero attached hydrogens (tertiary/aromatic N) is 1. The van der Waals surface area contributed by atoms with Gasteiger partial charge in [-0.15, -0.1) is 0 Å². The average Bonchev–Trinajstić information content (AvgIpc) is 3.26. The maximum absolute atomic E-state index is 13.4. The number of hydrogen-bond donors (Lipinski definition) is 4. The van der Waals surface area contributed by atoms with Gasteiger partial charge < -0.3 is 10.5 Å². The Bertz CT molecular complexity index is 1050. The van der Waals surface area contributed by atoms with Crippen molar-refractivity contribution in [3.05, 3.63) is 59.3 Å². The molecule has 2 saturated heterocycles. The predicted molar refractivity (Wildman–Crippen MR) is 101 cm³/mol. The lowest BCUT2D eigenvalue weighted by atomic mass is 9.76. The second-order valence-electron chi connectivity index (χ2n) is 7.61. The standard InChI is InChI=1S/C20H18N4O5/c1-10-15-16(20(22-10)13-4-2-3-5-14(13)21-19(20)27)18(26)23(17(15)25)11-6-8-12(9-7-11)24(28)29/h2-10,15-16,22,24,28H,1H3,(H,21,27). The molecule has 2 fully saturated rings. The minimum absolute atomic E-state index is 0.0589. The molecule has 9 nitrogen and oxygen atoms in total. The zero-order valence-corrected chi connectivity index (χ0v) is 15.4. The highest BCUT2D eigenvalue weighted by molar-refractivity contribution is 6.25. The maximum atomic E-state index is 13.4. The molecule has 3 heterocycles. The summed E-state index contributed by atoms with van der Waals surface area (Å²) >= 11 is 0. The first-order chi connectivity index (χ1) is 13.9. The van der Waals surface area contributed by atoms with Crippen molar-refractivity contribution in [3.8, 4) is 0 Å². The van der Waals surface area contributed by atoms with Crippen molar-refractivity contribution >= 4 is 34.8 Å². The van der Waals surface area contributed by atoms with Gasteiger partial charge in [-0.3, -0.25) is 19.7 Å². The van der Waals surface area contributed by atoms with Crippen LogP contribution in [0.1, 0.15) is 12.5 Å². The SMILES string of the molecule is CC1NC2(C(=O)Nc3ccccc32)C2C(=O)N(c3ccc([NH+]([O-])O)cc3)C(=O)C12. The van der Waals surface area contributed by atoms with Gasteiger partial charge in [-0.2, -0.15) is 5.23 Å². The van der Waals surface area contributed by atoms with E-state index in [-0.39, 0.29) is 11.6 Å². The van der Waals surface area contributed by atoms with Gasteiger partial charge >= 0.3 is 0 Å². The number of carbonyl (C=O) groups is 3. The van der Waals surface area contributed by atoms with Gasteiger partial charge in [0, 0.05) is 29.4 Å². The molecule has 2 aromatic rings. The van der Waals surface area contributed by atoms with E-state index in [9.17, 15) is 19.6 Å². The van der Waals surface area contributed by atoms with Gasteiger partial charge in [-0.1, -0.05) is 18.2 Å². The summed E-state index contributed by atoms with van der Waals surface area (Å²) < 4.78 is 0. The molecule has 148 valence electrons. The molecule has 0 bridgehead atoms. The lowest BCUT2D eigenvalue weighted by molar-refractivity contribution is -0.991. The van der Waals surface area contributed by atoms with Gasteiger partial charge in [-0.05, 0) is 25.1 Å². The summed E-state index contributed by atoms with van der Waals surface area (Å²) in [6, 6.07) is 12.3. The minimum atomic E-state index is -1.30. The molecule has 9 heteroatoms. The maximum Gasteiger partial charge on any atom is 0.250 e. The number of amides is 3. The Morgan fingerprint density at radius 2 is 1.76 bits per heavy atom. The third-order valence-corrected chi connectivity index (χ3v) is 6.14. The highest BCUT2D eigenvalue weighted by Crippen LogP contribution is 2.53. The Labute approximate surface area is 165 Å². The van der Waals surface area contributed by atoms with E-state index in [1.807, 2.05) is 0 Å². The number of carbonyl (C=O) groups excluding carboxylic acids is 3. The van der Waals surface area contributed by atoms with Crippen LogP contribution in [0, 0.1) is 17.0 Å². The second-order valence-corrected chi connectivity index (χ2v) is 7.61. The molecule has 5 unspecified atom stereocenters. The smallest absolute Gasteiger partial charge is 0.250 e. The summed E-state index contributed by atoms with van der Waals surface area (Å²) in [6.45, 7) is 1.79. The fourth-order valence-electron chi connectivity index (χ4n) is 4.93. The molecule has 4 N–H and O–H groups in total. The normalized spacial score (nSPS) is 31.2. The van der Waals surface area contributed by atoms with E-state index in [1.54, 1.807) is 31.2 Å². The molecule has 1 spiro atoms. The number of imide groups is 1. The van der Waals surface area contributed by atoms with Crippen molar-refractivity contribution in [2.75, 3.05) is 10.2 Å². The van der Waals surface area contributed by atoms with Crippen LogP contribution in [0.25, 0.3) is 0 Å². The van der Waals surface area contributed by atoms with Crippen LogP contribution >= 0.6 is 0 Å². The number of fused-ring (bicyclic) bond motifs is 4. The second kappa shape index (κ2) is 5.94. The molecule has 29 heavy (non-hydrogen) atoms. The highest BCUT2D eigenvalue weighted by atomic mass is 16.8. The molecule has 0 saturated carbocycles. The van der Waals surface area contributed by atoms with Crippen molar-refractivity contribution in [1.82, 2.24) is 5.32 Å². The Morgan fingerprint density at radius 1 is 1.07 bits per heavy atom. The van der Waals surface area contributed by atoms with Gasteiger partial charge in [0.2, 0.25) is 17.7 Å². The first-order valence-corrected chi connectivity index (χ1v) is 9.26.